The third-order valence-corrected chi connectivity index (χ3v) is 6.95. The molecule has 1 aromatic rings. The van der Waals surface area contributed by atoms with Crippen LogP contribution in [0.4, 0.5) is 0 Å². The third-order valence-electron chi connectivity index (χ3n) is 6.95. The summed E-state index contributed by atoms with van der Waals surface area (Å²) in [6, 6.07) is 0. The highest BCUT2D eigenvalue weighted by atomic mass is 16.5. The summed E-state index contributed by atoms with van der Waals surface area (Å²) in [6.45, 7) is 6.43. The van der Waals surface area contributed by atoms with E-state index in [0.717, 1.165) is 46.0 Å². The molecule has 1 spiro atoms. The SMILES string of the molecule is CN(C)CCN(C)Cc1nn2c(c1C1CCC3(CCCCO3)CC1)COCC2. The lowest BCUT2D eigenvalue weighted by Crippen LogP contribution is -2.39. The Kier molecular flexibility index (Phi) is 6.40. The Balaban J connectivity index is 1.50. The highest BCUT2D eigenvalue weighted by Crippen LogP contribution is 2.45. The summed E-state index contributed by atoms with van der Waals surface area (Å²) in [5.74, 6) is 0.610. The molecule has 6 heteroatoms. The molecule has 1 saturated carbocycles. The zero-order valence-corrected chi connectivity index (χ0v) is 18.1. The Bertz CT molecular complexity index is 641. The minimum absolute atomic E-state index is 0.182. The molecule has 2 fully saturated rings. The van der Waals surface area contributed by atoms with Crippen LogP contribution in [0.1, 0.15) is 67.8 Å². The van der Waals surface area contributed by atoms with E-state index >= 15 is 0 Å². The summed E-state index contributed by atoms with van der Waals surface area (Å²) in [5, 5.41) is 5.05. The smallest absolute Gasteiger partial charge is 0.0888 e. The first-order valence-electron chi connectivity index (χ1n) is 11.2. The number of ether oxygens (including phenoxy) is 2. The number of fused-ring (bicyclic) bond motifs is 1. The van der Waals surface area contributed by atoms with Gasteiger partial charge in [0.1, 0.15) is 0 Å². The molecule has 0 radical (unpaired) electrons. The average molecular weight is 391 g/mol. The lowest BCUT2D eigenvalue weighted by Gasteiger charge is -2.43. The average Bonchev–Trinajstić information content (AvgIpc) is 3.05. The van der Waals surface area contributed by atoms with Gasteiger partial charge in [-0.15, -0.1) is 0 Å². The van der Waals surface area contributed by atoms with E-state index < -0.39 is 0 Å². The van der Waals surface area contributed by atoms with E-state index in [1.165, 1.54) is 61.9 Å². The van der Waals surface area contributed by atoms with Crippen LogP contribution < -0.4 is 0 Å². The van der Waals surface area contributed by atoms with Gasteiger partial charge in [0.2, 0.25) is 0 Å². The van der Waals surface area contributed by atoms with Gasteiger partial charge < -0.3 is 14.4 Å². The number of aromatic nitrogens is 2. The molecule has 0 aromatic carbocycles. The molecule has 4 rings (SSSR count). The van der Waals surface area contributed by atoms with Crippen molar-refractivity contribution in [3.05, 3.63) is 17.0 Å². The van der Waals surface area contributed by atoms with Crippen molar-refractivity contribution in [2.75, 3.05) is 47.4 Å². The van der Waals surface area contributed by atoms with Crippen LogP contribution in [0, 0.1) is 0 Å². The number of rotatable bonds is 6. The molecule has 3 heterocycles. The molecule has 2 aliphatic heterocycles. The van der Waals surface area contributed by atoms with E-state index in [1.54, 1.807) is 0 Å². The predicted molar refractivity (Wildman–Crippen MR) is 111 cm³/mol. The van der Waals surface area contributed by atoms with Crippen molar-refractivity contribution in [1.82, 2.24) is 19.6 Å². The topological polar surface area (TPSA) is 42.8 Å². The van der Waals surface area contributed by atoms with Gasteiger partial charge in [-0.25, -0.2) is 0 Å². The minimum Gasteiger partial charge on any atom is -0.375 e. The lowest BCUT2D eigenvalue weighted by molar-refractivity contribution is -0.102. The van der Waals surface area contributed by atoms with Crippen LogP contribution in [-0.2, 0) is 29.2 Å². The second-order valence-corrected chi connectivity index (χ2v) is 9.39. The molecular weight excluding hydrogens is 352 g/mol. The molecule has 1 aromatic heterocycles. The van der Waals surface area contributed by atoms with Crippen LogP contribution in [0.25, 0.3) is 0 Å². The first-order valence-corrected chi connectivity index (χ1v) is 11.2. The van der Waals surface area contributed by atoms with Gasteiger partial charge in [-0.2, -0.15) is 5.10 Å². The summed E-state index contributed by atoms with van der Waals surface area (Å²) < 4.78 is 14.3. The summed E-state index contributed by atoms with van der Waals surface area (Å²) in [7, 11) is 6.49. The van der Waals surface area contributed by atoms with Gasteiger partial charge in [0.05, 0.1) is 36.7 Å². The van der Waals surface area contributed by atoms with Crippen LogP contribution in [0.3, 0.4) is 0 Å². The van der Waals surface area contributed by atoms with E-state index in [-0.39, 0.29) is 5.60 Å². The zero-order chi connectivity index (χ0) is 19.6. The summed E-state index contributed by atoms with van der Waals surface area (Å²) in [4.78, 5) is 4.65. The molecule has 1 aliphatic carbocycles. The normalized spacial score (nSPS) is 28.2. The van der Waals surface area contributed by atoms with Crippen molar-refractivity contribution in [2.45, 2.75) is 76.2 Å². The molecule has 6 nitrogen and oxygen atoms in total. The predicted octanol–water partition coefficient (Wildman–Crippen LogP) is 3.00. The maximum Gasteiger partial charge on any atom is 0.0888 e. The lowest BCUT2D eigenvalue weighted by atomic mass is 9.72. The van der Waals surface area contributed by atoms with E-state index in [0.29, 0.717) is 5.92 Å². The van der Waals surface area contributed by atoms with Crippen molar-refractivity contribution in [2.24, 2.45) is 0 Å². The largest absolute Gasteiger partial charge is 0.375 e. The number of hydrogen-bond donors (Lipinski definition) is 0. The van der Waals surface area contributed by atoms with E-state index in [2.05, 4.69) is 35.6 Å². The van der Waals surface area contributed by atoms with Gasteiger partial charge >= 0.3 is 0 Å². The summed E-state index contributed by atoms with van der Waals surface area (Å²) >= 11 is 0. The van der Waals surface area contributed by atoms with Crippen LogP contribution >= 0.6 is 0 Å². The van der Waals surface area contributed by atoms with Crippen LogP contribution in [-0.4, -0.2) is 72.6 Å². The molecule has 0 N–H and O–H groups in total. The maximum absolute atomic E-state index is 6.28. The van der Waals surface area contributed by atoms with E-state index in [1.807, 2.05) is 0 Å². The third kappa shape index (κ3) is 4.45. The summed E-state index contributed by atoms with van der Waals surface area (Å²) in [6.07, 6.45) is 8.71. The highest BCUT2D eigenvalue weighted by Gasteiger charge is 2.39. The van der Waals surface area contributed by atoms with Gasteiger partial charge in [-0.3, -0.25) is 9.58 Å². The molecule has 0 bridgehead atoms. The van der Waals surface area contributed by atoms with Crippen molar-refractivity contribution in [1.29, 1.82) is 0 Å². The zero-order valence-electron chi connectivity index (χ0n) is 18.1. The first kappa shape index (κ1) is 20.3. The van der Waals surface area contributed by atoms with Gasteiger partial charge in [-0.1, -0.05) is 0 Å². The van der Waals surface area contributed by atoms with Crippen molar-refractivity contribution in [3.8, 4) is 0 Å². The Hall–Kier alpha value is -0.950. The van der Waals surface area contributed by atoms with Crippen LogP contribution in [0.15, 0.2) is 0 Å². The number of likely N-dealkylation sites (N-methyl/N-ethyl adjacent to an activating group) is 2. The number of hydrogen-bond acceptors (Lipinski definition) is 5. The second-order valence-electron chi connectivity index (χ2n) is 9.39. The fraction of sp³-hybridized carbons (Fsp3) is 0.864. The maximum atomic E-state index is 6.28. The van der Waals surface area contributed by atoms with Crippen molar-refractivity contribution < 1.29 is 9.47 Å². The molecule has 0 atom stereocenters. The van der Waals surface area contributed by atoms with Gasteiger partial charge in [-0.05, 0) is 72.0 Å². The minimum atomic E-state index is 0.182. The molecular formula is C22H38N4O2. The Labute approximate surface area is 170 Å². The Morgan fingerprint density at radius 3 is 2.61 bits per heavy atom. The van der Waals surface area contributed by atoms with Crippen molar-refractivity contribution >= 4 is 0 Å². The first-order chi connectivity index (χ1) is 13.6. The monoisotopic (exact) mass is 390 g/mol. The van der Waals surface area contributed by atoms with E-state index in [4.69, 9.17) is 14.6 Å². The van der Waals surface area contributed by atoms with Crippen molar-refractivity contribution in [3.63, 3.8) is 0 Å². The quantitative estimate of drug-likeness (QED) is 0.747. The Morgan fingerprint density at radius 1 is 1.07 bits per heavy atom. The molecule has 158 valence electrons. The molecule has 0 amide bonds. The standard InChI is InChI=1S/C22H38N4O2/c1-24(2)11-12-25(3)16-19-21(20-17-27-15-13-26(20)23-19)18-6-9-22(10-7-18)8-4-5-14-28-22/h18H,4-17H2,1-3H3. The Morgan fingerprint density at radius 2 is 1.89 bits per heavy atom. The fourth-order valence-corrected chi connectivity index (χ4v) is 5.25. The van der Waals surface area contributed by atoms with Gasteiger partial charge in [0.25, 0.3) is 0 Å². The molecule has 28 heavy (non-hydrogen) atoms. The fourth-order valence-electron chi connectivity index (χ4n) is 5.25. The van der Waals surface area contributed by atoms with Gasteiger partial charge in [0, 0.05) is 31.8 Å². The van der Waals surface area contributed by atoms with Gasteiger partial charge in [0.15, 0.2) is 0 Å². The van der Waals surface area contributed by atoms with E-state index in [9.17, 15) is 0 Å². The van der Waals surface area contributed by atoms with Crippen LogP contribution in [0.5, 0.6) is 0 Å². The number of nitrogens with zero attached hydrogens (tertiary/aromatic N) is 4. The highest BCUT2D eigenvalue weighted by molar-refractivity contribution is 5.32. The molecule has 1 saturated heterocycles. The summed E-state index contributed by atoms with van der Waals surface area (Å²) in [5.41, 5.74) is 4.31. The second kappa shape index (κ2) is 8.82. The van der Waals surface area contributed by atoms with Crippen LogP contribution in [0.2, 0.25) is 0 Å². The molecule has 0 unspecified atom stereocenters. The molecule has 3 aliphatic rings.